The molecule has 116 valence electrons. The van der Waals surface area contributed by atoms with Crippen molar-refractivity contribution in [3.8, 4) is 5.75 Å². The monoisotopic (exact) mass is 315 g/mol. The fourth-order valence-electron chi connectivity index (χ4n) is 1.92. The van der Waals surface area contributed by atoms with Crippen LogP contribution in [0.2, 0.25) is 0 Å². The third-order valence-corrected chi connectivity index (χ3v) is 4.04. The summed E-state index contributed by atoms with van der Waals surface area (Å²) in [5, 5.41) is 2.90. The van der Waals surface area contributed by atoms with E-state index in [9.17, 15) is 4.79 Å². The molecule has 3 nitrogen and oxygen atoms in total. The maximum Gasteiger partial charge on any atom is 0.234 e. The highest BCUT2D eigenvalue weighted by Gasteiger charge is 2.02. The van der Waals surface area contributed by atoms with Crippen molar-refractivity contribution in [2.24, 2.45) is 0 Å². The number of amides is 1. The summed E-state index contributed by atoms with van der Waals surface area (Å²) in [6, 6.07) is 17.7. The second-order valence-electron chi connectivity index (χ2n) is 4.81. The van der Waals surface area contributed by atoms with Gasteiger partial charge in [0.25, 0.3) is 0 Å². The van der Waals surface area contributed by atoms with Crippen LogP contribution in [0.1, 0.15) is 12.5 Å². The molecule has 1 N–H and O–H groups in total. The summed E-state index contributed by atoms with van der Waals surface area (Å²) in [7, 11) is 0. The Labute approximate surface area is 136 Å². The quantitative estimate of drug-likeness (QED) is 0.748. The molecule has 0 heterocycles. The second-order valence-corrected chi connectivity index (χ2v) is 5.92. The van der Waals surface area contributed by atoms with Crippen molar-refractivity contribution in [2.75, 3.05) is 23.4 Å². The molecule has 2 rings (SSSR count). The topological polar surface area (TPSA) is 38.3 Å². The van der Waals surface area contributed by atoms with Gasteiger partial charge in [0.2, 0.25) is 5.91 Å². The predicted octanol–water partition coefficient (Wildman–Crippen LogP) is 4.00. The average molecular weight is 315 g/mol. The smallest absolute Gasteiger partial charge is 0.234 e. The van der Waals surface area contributed by atoms with Gasteiger partial charge in [-0.15, -0.1) is 11.8 Å². The van der Waals surface area contributed by atoms with E-state index in [2.05, 4.69) is 12.2 Å². The van der Waals surface area contributed by atoms with E-state index in [0.29, 0.717) is 12.4 Å². The highest BCUT2D eigenvalue weighted by molar-refractivity contribution is 7.99. The van der Waals surface area contributed by atoms with E-state index in [1.165, 1.54) is 5.56 Å². The van der Waals surface area contributed by atoms with E-state index in [-0.39, 0.29) is 5.91 Å². The summed E-state index contributed by atoms with van der Waals surface area (Å²) in [6.07, 6.45) is 1.01. The van der Waals surface area contributed by atoms with E-state index in [4.69, 9.17) is 4.74 Å². The van der Waals surface area contributed by atoms with E-state index >= 15 is 0 Å². The molecule has 0 atom stereocenters. The predicted molar refractivity (Wildman–Crippen MR) is 93.7 cm³/mol. The summed E-state index contributed by atoms with van der Waals surface area (Å²) in [5.74, 6) is 2.11. The third-order valence-electron chi connectivity index (χ3n) is 3.12. The Morgan fingerprint density at radius 3 is 2.50 bits per heavy atom. The van der Waals surface area contributed by atoms with E-state index in [1.807, 2.05) is 54.6 Å². The zero-order valence-corrected chi connectivity index (χ0v) is 13.6. The molecule has 0 fully saturated rings. The fraction of sp³-hybridized carbons (Fsp3) is 0.278. The maximum atomic E-state index is 11.8. The number of para-hydroxylation sites is 1. The van der Waals surface area contributed by atoms with Crippen molar-refractivity contribution in [2.45, 2.75) is 13.3 Å². The summed E-state index contributed by atoms with van der Waals surface area (Å²) >= 11 is 1.57. The van der Waals surface area contributed by atoms with Gasteiger partial charge in [-0.2, -0.15) is 0 Å². The number of anilines is 1. The van der Waals surface area contributed by atoms with Crippen LogP contribution in [-0.2, 0) is 11.2 Å². The zero-order valence-electron chi connectivity index (χ0n) is 12.7. The SMILES string of the molecule is CCc1ccc(NC(=O)CSCCOc2ccccc2)cc1. The second kappa shape index (κ2) is 9.15. The van der Waals surface area contributed by atoms with Crippen molar-refractivity contribution >= 4 is 23.4 Å². The average Bonchev–Trinajstić information content (AvgIpc) is 2.56. The molecule has 0 saturated carbocycles. The van der Waals surface area contributed by atoms with Gasteiger partial charge >= 0.3 is 0 Å². The summed E-state index contributed by atoms with van der Waals surface area (Å²) in [6.45, 7) is 2.72. The molecule has 0 aromatic heterocycles. The van der Waals surface area contributed by atoms with Gasteiger partial charge in [-0.25, -0.2) is 0 Å². The van der Waals surface area contributed by atoms with Crippen LogP contribution < -0.4 is 10.1 Å². The van der Waals surface area contributed by atoms with Crippen molar-refractivity contribution in [3.63, 3.8) is 0 Å². The number of hydrogen-bond donors (Lipinski definition) is 1. The molecule has 4 heteroatoms. The molecular weight excluding hydrogens is 294 g/mol. The molecule has 0 spiro atoms. The van der Waals surface area contributed by atoms with Crippen LogP contribution >= 0.6 is 11.8 Å². The minimum absolute atomic E-state index is 0.0222. The first-order valence-electron chi connectivity index (χ1n) is 7.42. The van der Waals surface area contributed by atoms with Crippen LogP contribution in [0.3, 0.4) is 0 Å². The molecule has 0 bridgehead atoms. The number of aryl methyl sites for hydroxylation is 1. The minimum atomic E-state index is 0.0222. The van der Waals surface area contributed by atoms with Crippen molar-refractivity contribution in [1.29, 1.82) is 0 Å². The molecule has 0 radical (unpaired) electrons. The molecule has 1 amide bonds. The first-order valence-corrected chi connectivity index (χ1v) is 8.58. The minimum Gasteiger partial charge on any atom is -0.493 e. The van der Waals surface area contributed by atoms with Crippen LogP contribution in [0.25, 0.3) is 0 Å². The van der Waals surface area contributed by atoms with Gasteiger partial charge < -0.3 is 10.1 Å². The van der Waals surface area contributed by atoms with Gasteiger partial charge in [0, 0.05) is 11.4 Å². The molecule has 0 aliphatic heterocycles. The number of nitrogens with one attached hydrogen (secondary N) is 1. The first-order chi connectivity index (χ1) is 10.8. The molecule has 0 saturated heterocycles. The van der Waals surface area contributed by atoms with Crippen molar-refractivity contribution < 1.29 is 9.53 Å². The highest BCUT2D eigenvalue weighted by Crippen LogP contribution is 2.12. The van der Waals surface area contributed by atoms with Crippen LogP contribution in [0.15, 0.2) is 54.6 Å². The number of benzene rings is 2. The molecule has 2 aromatic rings. The van der Waals surface area contributed by atoms with Gasteiger partial charge in [0.05, 0.1) is 12.4 Å². The van der Waals surface area contributed by atoms with Gasteiger partial charge in [-0.3, -0.25) is 4.79 Å². The number of rotatable bonds is 8. The van der Waals surface area contributed by atoms with E-state index in [0.717, 1.165) is 23.6 Å². The van der Waals surface area contributed by atoms with Crippen molar-refractivity contribution in [3.05, 3.63) is 60.2 Å². The molecule has 2 aromatic carbocycles. The van der Waals surface area contributed by atoms with Gasteiger partial charge in [0.1, 0.15) is 5.75 Å². The van der Waals surface area contributed by atoms with Gasteiger partial charge in [-0.1, -0.05) is 37.3 Å². The molecular formula is C18H21NO2S. The number of thioether (sulfide) groups is 1. The molecule has 0 unspecified atom stereocenters. The largest absolute Gasteiger partial charge is 0.493 e. The van der Waals surface area contributed by atoms with E-state index < -0.39 is 0 Å². The standard InChI is InChI=1S/C18H21NO2S/c1-2-15-8-10-16(11-9-15)19-18(20)14-22-13-12-21-17-6-4-3-5-7-17/h3-11H,2,12-14H2,1H3,(H,19,20). The Morgan fingerprint density at radius 1 is 1.09 bits per heavy atom. The number of hydrogen-bond acceptors (Lipinski definition) is 3. The molecule has 22 heavy (non-hydrogen) atoms. The summed E-state index contributed by atoms with van der Waals surface area (Å²) in [4.78, 5) is 11.8. The van der Waals surface area contributed by atoms with Crippen molar-refractivity contribution in [1.82, 2.24) is 0 Å². The lowest BCUT2D eigenvalue weighted by molar-refractivity contribution is -0.113. The summed E-state index contributed by atoms with van der Waals surface area (Å²) in [5.41, 5.74) is 2.12. The Hall–Kier alpha value is -1.94. The normalized spacial score (nSPS) is 10.2. The molecule has 0 aliphatic carbocycles. The fourth-order valence-corrected chi connectivity index (χ4v) is 2.52. The lowest BCUT2D eigenvalue weighted by atomic mass is 10.1. The number of carbonyl (C=O) groups excluding carboxylic acids is 1. The zero-order chi connectivity index (χ0) is 15.6. The van der Waals surface area contributed by atoms with Crippen LogP contribution in [-0.4, -0.2) is 24.0 Å². The molecule has 0 aliphatic rings. The lowest BCUT2D eigenvalue weighted by Gasteiger charge is -2.07. The van der Waals surface area contributed by atoms with Crippen LogP contribution in [0, 0.1) is 0 Å². The Kier molecular flexibility index (Phi) is 6.84. The Bertz CT molecular complexity index is 569. The van der Waals surface area contributed by atoms with Crippen LogP contribution in [0.4, 0.5) is 5.69 Å². The van der Waals surface area contributed by atoms with E-state index in [1.54, 1.807) is 11.8 Å². The van der Waals surface area contributed by atoms with Crippen LogP contribution in [0.5, 0.6) is 5.75 Å². The number of ether oxygens (including phenoxy) is 1. The highest BCUT2D eigenvalue weighted by atomic mass is 32.2. The Balaban J connectivity index is 1.61. The van der Waals surface area contributed by atoms with Gasteiger partial charge in [-0.05, 0) is 36.2 Å². The summed E-state index contributed by atoms with van der Waals surface area (Å²) < 4.78 is 5.58. The third kappa shape index (κ3) is 5.82. The Morgan fingerprint density at radius 2 is 1.82 bits per heavy atom. The lowest BCUT2D eigenvalue weighted by Crippen LogP contribution is -2.15. The van der Waals surface area contributed by atoms with Gasteiger partial charge in [0.15, 0.2) is 0 Å². The first kappa shape index (κ1) is 16.4. The number of carbonyl (C=O) groups is 1. The maximum absolute atomic E-state index is 11.8.